The van der Waals surface area contributed by atoms with Gasteiger partial charge in [-0.3, -0.25) is 9.25 Å². The van der Waals surface area contributed by atoms with Gasteiger partial charge in [-0.15, -0.1) is 0 Å². The number of rotatable bonds is 5. The van der Waals surface area contributed by atoms with Crippen molar-refractivity contribution in [2.24, 2.45) is 7.05 Å². The standard InChI is InChI=1S/C12H22N6/c1-5-9-10-11(17(4)15-9)18(12(13)14-10)8-7-16(3)6-2/h5-8H2,1-4H3,(H2,13,14). The second-order valence-electron chi connectivity index (χ2n) is 4.61. The first-order chi connectivity index (χ1) is 8.58. The molecular formula is C12H22N6. The van der Waals surface area contributed by atoms with Gasteiger partial charge in [-0.05, 0) is 20.0 Å². The lowest BCUT2D eigenvalue weighted by Gasteiger charge is -2.15. The van der Waals surface area contributed by atoms with E-state index in [0.717, 1.165) is 42.9 Å². The number of imidazole rings is 1. The first-order valence-corrected chi connectivity index (χ1v) is 6.44. The van der Waals surface area contributed by atoms with Gasteiger partial charge < -0.3 is 10.6 Å². The number of aryl methyl sites for hydroxylation is 2. The number of aromatic nitrogens is 4. The Hall–Kier alpha value is -1.56. The number of nitrogen functional groups attached to an aromatic ring is 1. The van der Waals surface area contributed by atoms with Gasteiger partial charge in [0.25, 0.3) is 0 Å². The zero-order chi connectivity index (χ0) is 13.3. The van der Waals surface area contributed by atoms with Gasteiger partial charge in [0.1, 0.15) is 5.52 Å². The highest BCUT2D eigenvalue weighted by atomic mass is 15.4. The van der Waals surface area contributed by atoms with Crippen LogP contribution < -0.4 is 5.73 Å². The van der Waals surface area contributed by atoms with Crippen LogP contribution in [0.4, 0.5) is 5.95 Å². The van der Waals surface area contributed by atoms with E-state index in [1.54, 1.807) is 0 Å². The summed E-state index contributed by atoms with van der Waals surface area (Å²) in [5, 5.41) is 4.48. The molecule has 6 heteroatoms. The molecule has 100 valence electrons. The molecule has 2 N–H and O–H groups in total. The van der Waals surface area contributed by atoms with Crippen LogP contribution in [0.2, 0.25) is 0 Å². The summed E-state index contributed by atoms with van der Waals surface area (Å²) in [5.74, 6) is 0.581. The van der Waals surface area contributed by atoms with Gasteiger partial charge in [0.2, 0.25) is 5.95 Å². The van der Waals surface area contributed by atoms with E-state index in [1.165, 1.54) is 0 Å². The Morgan fingerprint density at radius 1 is 1.33 bits per heavy atom. The second kappa shape index (κ2) is 4.97. The van der Waals surface area contributed by atoms with Gasteiger partial charge in [0.05, 0.1) is 5.69 Å². The van der Waals surface area contributed by atoms with E-state index in [2.05, 4.69) is 35.9 Å². The van der Waals surface area contributed by atoms with Crippen molar-refractivity contribution in [1.82, 2.24) is 24.2 Å². The number of fused-ring (bicyclic) bond motifs is 1. The van der Waals surface area contributed by atoms with Crippen molar-refractivity contribution < 1.29 is 0 Å². The summed E-state index contributed by atoms with van der Waals surface area (Å²) in [6.45, 7) is 7.06. The van der Waals surface area contributed by atoms with Crippen molar-refractivity contribution >= 4 is 17.1 Å². The fraction of sp³-hybridized carbons (Fsp3) is 0.667. The van der Waals surface area contributed by atoms with Crippen molar-refractivity contribution in [3.05, 3.63) is 5.69 Å². The largest absolute Gasteiger partial charge is 0.369 e. The molecule has 6 nitrogen and oxygen atoms in total. The van der Waals surface area contributed by atoms with Gasteiger partial charge >= 0.3 is 0 Å². The van der Waals surface area contributed by atoms with Crippen LogP contribution >= 0.6 is 0 Å². The van der Waals surface area contributed by atoms with E-state index >= 15 is 0 Å². The average Bonchev–Trinajstić information content (AvgIpc) is 2.84. The molecule has 0 spiro atoms. The van der Waals surface area contributed by atoms with Crippen molar-refractivity contribution in [1.29, 1.82) is 0 Å². The maximum atomic E-state index is 6.01. The summed E-state index contributed by atoms with van der Waals surface area (Å²) in [6, 6.07) is 0. The van der Waals surface area contributed by atoms with Gasteiger partial charge in [-0.1, -0.05) is 13.8 Å². The van der Waals surface area contributed by atoms with Crippen LogP contribution in [0, 0.1) is 0 Å². The predicted octanol–water partition coefficient (Wildman–Crippen LogP) is 0.866. The summed E-state index contributed by atoms with van der Waals surface area (Å²) in [5.41, 5.74) is 8.99. The number of nitrogens with two attached hydrogens (primary N) is 1. The Kier molecular flexibility index (Phi) is 3.56. The second-order valence-corrected chi connectivity index (χ2v) is 4.61. The van der Waals surface area contributed by atoms with Crippen LogP contribution in [0.5, 0.6) is 0 Å². The molecule has 2 aromatic heterocycles. The van der Waals surface area contributed by atoms with E-state index in [4.69, 9.17) is 5.73 Å². The molecule has 0 fully saturated rings. The highest BCUT2D eigenvalue weighted by Crippen LogP contribution is 2.21. The van der Waals surface area contributed by atoms with Crippen LogP contribution in [0.25, 0.3) is 11.2 Å². The molecule has 0 bridgehead atoms. The molecule has 18 heavy (non-hydrogen) atoms. The number of anilines is 1. The molecule has 0 radical (unpaired) electrons. The van der Waals surface area contributed by atoms with Crippen molar-refractivity contribution in [3.8, 4) is 0 Å². The van der Waals surface area contributed by atoms with Gasteiger partial charge in [0, 0.05) is 20.1 Å². The fourth-order valence-corrected chi connectivity index (χ4v) is 2.15. The molecule has 0 saturated carbocycles. The molecule has 0 aromatic carbocycles. The van der Waals surface area contributed by atoms with E-state index in [1.807, 2.05) is 16.3 Å². The Balaban J connectivity index is 2.37. The third-order valence-corrected chi connectivity index (χ3v) is 3.40. The number of likely N-dealkylation sites (N-methyl/N-ethyl adjacent to an activating group) is 1. The van der Waals surface area contributed by atoms with Crippen LogP contribution in [-0.4, -0.2) is 44.4 Å². The van der Waals surface area contributed by atoms with Crippen molar-refractivity contribution in [2.45, 2.75) is 26.8 Å². The maximum Gasteiger partial charge on any atom is 0.202 e. The Morgan fingerprint density at radius 3 is 2.67 bits per heavy atom. The third-order valence-electron chi connectivity index (χ3n) is 3.40. The maximum absolute atomic E-state index is 6.01. The molecule has 2 heterocycles. The van der Waals surface area contributed by atoms with Gasteiger partial charge in [-0.25, -0.2) is 4.98 Å². The molecule has 0 amide bonds. The molecule has 0 aliphatic heterocycles. The topological polar surface area (TPSA) is 64.9 Å². The highest BCUT2D eigenvalue weighted by Gasteiger charge is 2.16. The van der Waals surface area contributed by atoms with Crippen molar-refractivity contribution in [2.75, 3.05) is 25.9 Å². The van der Waals surface area contributed by atoms with Crippen molar-refractivity contribution in [3.63, 3.8) is 0 Å². The molecule has 2 aromatic rings. The lowest BCUT2D eigenvalue weighted by Crippen LogP contribution is -2.23. The van der Waals surface area contributed by atoms with E-state index in [-0.39, 0.29) is 0 Å². The zero-order valence-electron chi connectivity index (χ0n) is 11.6. The molecule has 0 unspecified atom stereocenters. The normalized spacial score (nSPS) is 11.8. The Bertz CT molecular complexity index is 538. The number of nitrogens with zero attached hydrogens (tertiary/aromatic N) is 5. The highest BCUT2D eigenvalue weighted by molar-refractivity contribution is 5.77. The molecule has 0 saturated heterocycles. The van der Waals surface area contributed by atoms with E-state index < -0.39 is 0 Å². The molecule has 0 aliphatic rings. The lowest BCUT2D eigenvalue weighted by atomic mass is 10.3. The summed E-state index contributed by atoms with van der Waals surface area (Å²) >= 11 is 0. The third kappa shape index (κ3) is 2.08. The number of hydrogen-bond donors (Lipinski definition) is 1. The molecule has 2 rings (SSSR count). The Labute approximate surface area is 107 Å². The van der Waals surface area contributed by atoms with Gasteiger partial charge in [-0.2, -0.15) is 5.10 Å². The summed E-state index contributed by atoms with van der Waals surface area (Å²) in [6.07, 6.45) is 0.878. The van der Waals surface area contributed by atoms with E-state index in [9.17, 15) is 0 Å². The average molecular weight is 250 g/mol. The zero-order valence-corrected chi connectivity index (χ0v) is 11.6. The minimum absolute atomic E-state index is 0.581. The number of hydrogen-bond acceptors (Lipinski definition) is 4. The first-order valence-electron chi connectivity index (χ1n) is 6.44. The summed E-state index contributed by atoms with van der Waals surface area (Å²) in [4.78, 5) is 6.70. The van der Waals surface area contributed by atoms with Crippen LogP contribution in [0.3, 0.4) is 0 Å². The van der Waals surface area contributed by atoms with Gasteiger partial charge in [0.15, 0.2) is 5.65 Å². The SMILES string of the molecule is CCc1nn(C)c2c1nc(N)n2CCN(C)CC. The van der Waals surface area contributed by atoms with Crippen LogP contribution in [0.1, 0.15) is 19.5 Å². The minimum atomic E-state index is 0.581. The van der Waals surface area contributed by atoms with Crippen LogP contribution in [-0.2, 0) is 20.0 Å². The molecular weight excluding hydrogens is 228 g/mol. The minimum Gasteiger partial charge on any atom is -0.369 e. The molecule has 0 atom stereocenters. The molecule has 0 aliphatic carbocycles. The first kappa shape index (κ1) is 12.9. The lowest BCUT2D eigenvalue weighted by molar-refractivity contribution is 0.337. The quantitative estimate of drug-likeness (QED) is 0.855. The van der Waals surface area contributed by atoms with Crippen LogP contribution in [0.15, 0.2) is 0 Å². The summed E-state index contributed by atoms with van der Waals surface area (Å²) < 4.78 is 3.93. The smallest absolute Gasteiger partial charge is 0.202 e. The Morgan fingerprint density at radius 2 is 2.06 bits per heavy atom. The predicted molar refractivity (Wildman–Crippen MR) is 73.5 cm³/mol. The monoisotopic (exact) mass is 250 g/mol. The fourth-order valence-electron chi connectivity index (χ4n) is 2.15. The van der Waals surface area contributed by atoms with E-state index in [0.29, 0.717) is 5.95 Å². The summed E-state index contributed by atoms with van der Waals surface area (Å²) in [7, 11) is 4.05.